The van der Waals surface area contributed by atoms with Gasteiger partial charge >= 0.3 is 11.9 Å². The molecule has 1 aromatic rings. The van der Waals surface area contributed by atoms with Gasteiger partial charge in [-0.3, -0.25) is 9.59 Å². The minimum atomic E-state index is -1.85. The van der Waals surface area contributed by atoms with E-state index < -0.39 is 17.4 Å². The molecule has 2 N–H and O–H groups in total. The van der Waals surface area contributed by atoms with E-state index in [1.165, 1.54) is 6.92 Å². The number of carboxylic acids is 2. The topological polar surface area (TPSA) is 93.1 Å². The van der Waals surface area contributed by atoms with E-state index in [0.717, 1.165) is 0 Å². The van der Waals surface area contributed by atoms with Crippen molar-refractivity contribution >= 4 is 11.9 Å². The maximum Gasteiger partial charge on any atom is 0.321 e. The predicted octanol–water partition coefficient (Wildman–Crippen LogP) is 1.13. The molecule has 0 unspecified atom stereocenters. The molecule has 0 saturated carbocycles. The fourth-order valence-electron chi connectivity index (χ4n) is 1.70. The normalized spacial score (nSPS) is 13.4. The number of fused-ring (bicyclic) bond motifs is 1. The van der Waals surface area contributed by atoms with Crippen LogP contribution in [-0.2, 0) is 16.0 Å². The predicted molar refractivity (Wildman–Crippen MR) is 59.6 cm³/mol. The lowest BCUT2D eigenvalue weighted by Crippen LogP contribution is -2.38. The molecule has 0 saturated heterocycles. The quantitative estimate of drug-likeness (QED) is 0.780. The van der Waals surface area contributed by atoms with Crippen molar-refractivity contribution in [2.24, 2.45) is 5.41 Å². The number of hydrogen-bond acceptors (Lipinski definition) is 4. The van der Waals surface area contributed by atoms with Gasteiger partial charge in [0.2, 0.25) is 6.79 Å². The Kier molecular flexibility index (Phi) is 2.86. The number of aliphatic carboxylic acids is 2. The van der Waals surface area contributed by atoms with Gasteiger partial charge in [0, 0.05) is 0 Å². The van der Waals surface area contributed by atoms with Crippen LogP contribution in [0.3, 0.4) is 0 Å². The molecule has 1 aliphatic rings. The molecule has 1 aromatic carbocycles. The fraction of sp³-hybridized carbons (Fsp3) is 0.333. The molecular weight excluding hydrogens is 240 g/mol. The zero-order chi connectivity index (χ0) is 13.3. The van der Waals surface area contributed by atoms with Gasteiger partial charge in [0.05, 0.1) is 0 Å². The SMILES string of the molecule is CC(Cc1ccc2c(c1)OCO2)(C(=O)O)C(=O)O. The van der Waals surface area contributed by atoms with Crippen molar-refractivity contribution in [3.8, 4) is 11.5 Å². The first kappa shape index (κ1) is 12.2. The second-order valence-electron chi connectivity index (χ2n) is 4.31. The zero-order valence-electron chi connectivity index (χ0n) is 9.67. The Labute approximate surface area is 103 Å². The van der Waals surface area contributed by atoms with Gasteiger partial charge in [0.25, 0.3) is 0 Å². The molecule has 0 radical (unpaired) electrons. The molecule has 0 fully saturated rings. The van der Waals surface area contributed by atoms with Gasteiger partial charge in [-0.2, -0.15) is 0 Å². The maximum absolute atomic E-state index is 11.1. The Bertz CT molecular complexity index is 493. The van der Waals surface area contributed by atoms with E-state index >= 15 is 0 Å². The third kappa shape index (κ3) is 1.97. The number of rotatable bonds is 4. The first-order chi connectivity index (χ1) is 8.43. The summed E-state index contributed by atoms with van der Waals surface area (Å²) >= 11 is 0. The summed E-state index contributed by atoms with van der Waals surface area (Å²) in [6.45, 7) is 1.30. The van der Waals surface area contributed by atoms with Crippen molar-refractivity contribution in [3.05, 3.63) is 23.8 Å². The number of benzene rings is 1. The first-order valence-electron chi connectivity index (χ1n) is 5.29. The molecule has 6 heteroatoms. The van der Waals surface area contributed by atoms with E-state index in [9.17, 15) is 9.59 Å². The highest BCUT2D eigenvalue weighted by Gasteiger charge is 2.41. The van der Waals surface area contributed by atoms with Crippen molar-refractivity contribution in [3.63, 3.8) is 0 Å². The fourth-order valence-corrected chi connectivity index (χ4v) is 1.70. The van der Waals surface area contributed by atoms with Crippen LogP contribution in [-0.4, -0.2) is 28.9 Å². The van der Waals surface area contributed by atoms with E-state index in [0.29, 0.717) is 17.1 Å². The number of hydrogen-bond donors (Lipinski definition) is 2. The van der Waals surface area contributed by atoms with Gasteiger partial charge in [-0.1, -0.05) is 6.07 Å². The standard InChI is InChI=1S/C12H12O6/c1-12(10(13)14,11(15)16)5-7-2-3-8-9(4-7)18-6-17-8/h2-4H,5-6H2,1H3,(H,13,14)(H,15,16). The molecule has 96 valence electrons. The molecule has 0 aliphatic carbocycles. The molecule has 18 heavy (non-hydrogen) atoms. The van der Waals surface area contributed by atoms with Crippen molar-refractivity contribution in [1.82, 2.24) is 0 Å². The second-order valence-corrected chi connectivity index (χ2v) is 4.31. The summed E-state index contributed by atoms with van der Waals surface area (Å²) in [5.74, 6) is -1.66. The van der Waals surface area contributed by atoms with Crippen molar-refractivity contribution in [1.29, 1.82) is 0 Å². The average Bonchev–Trinajstić information content (AvgIpc) is 2.75. The molecule has 0 bridgehead atoms. The Morgan fingerprint density at radius 3 is 2.44 bits per heavy atom. The van der Waals surface area contributed by atoms with E-state index in [2.05, 4.69) is 0 Å². The molecule has 1 aliphatic heterocycles. The lowest BCUT2D eigenvalue weighted by atomic mass is 9.84. The van der Waals surface area contributed by atoms with Gasteiger partial charge < -0.3 is 19.7 Å². The maximum atomic E-state index is 11.1. The lowest BCUT2D eigenvalue weighted by Gasteiger charge is -2.19. The van der Waals surface area contributed by atoms with Crippen LogP contribution in [0.25, 0.3) is 0 Å². The Morgan fingerprint density at radius 1 is 1.22 bits per heavy atom. The number of carboxylic acid groups (broad SMARTS) is 2. The smallest absolute Gasteiger partial charge is 0.321 e. The monoisotopic (exact) mass is 252 g/mol. The summed E-state index contributed by atoms with van der Waals surface area (Å²) in [5.41, 5.74) is -1.28. The third-order valence-corrected chi connectivity index (χ3v) is 2.94. The summed E-state index contributed by atoms with van der Waals surface area (Å²) in [4.78, 5) is 22.1. The molecular formula is C12H12O6. The van der Waals surface area contributed by atoms with Crippen LogP contribution in [0.15, 0.2) is 18.2 Å². The van der Waals surface area contributed by atoms with Gasteiger partial charge in [-0.15, -0.1) is 0 Å². The summed E-state index contributed by atoms with van der Waals surface area (Å²) in [5, 5.41) is 18.0. The molecule has 0 atom stereocenters. The Hall–Kier alpha value is -2.24. The van der Waals surface area contributed by atoms with Crippen molar-refractivity contribution in [2.75, 3.05) is 6.79 Å². The minimum absolute atomic E-state index is 0.117. The highest BCUT2D eigenvalue weighted by molar-refractivity contribution is 5.98. The second kappa shape index (κ2) is 4.21. The van der Waals surface area contributed by atoms with Crippen LogP contribution in [0.4, 0.5) is 0 Å². The number of ether oxygens (including phenoxy) is 2. The van der Waals surface area contributed by atoms with Gasteiger partial charge in [0.15, 0.2) is 16.9 Å². The highest BCUT2D eigenvalue weighted by atomic mass is 16.7. The van der Waals surface area contributed by atoms with E-state index in [-0.39, 0.29) is 13.2 Å². The van der Waals surface area contributed by atoms with Crippen LogP contribution in [0.1, 0.15) is 12.5 Å². The summed E-state index contributed by atoms with van der Waals surface area (Å²) in [7, 11) is 0. The summed E-state index contributed by atoms with van der Waals surface area (Å²) < 4.78 is 10.3. The number of carbonyl (C=O) groups is 2. The molecule has 0 spiro atoms. The van der Waals surface area contributed by atoms with Crippen LogP contribution >= 0.6 is 0 Å². The van der Waals surface area contributed by atoms with E-state index in [1.54, 1.807) is 18.2 Å². The lowest BCUT2D eigenvalue weighted by molar-refractivity contribution is -0.163. The first-order valence-corrected chi connectivity index (χ1v) is 5.29. The van der Waals surface area contributed by atoms with E-state index in [1.807, 2.05) is 0 Å². The molecule has 0 aromatic heterocycles. The molecule has 6 nitrogen and oxygen atoms in total. The third-order valence-electron chi connectivity index (χ3n) is 2.94. The van der Waals surface area contributed by atoms with Crippen molar-refractivity contribution < 1.29 is 29.3 Å². The zero-order valence-corrected chi connectivity index (χ0v) is 9.67. The van der Waals surface area contributed by atoms with Crippen LogP contribution in [0.5, 0.6) is 11.5 Å². The van der Waals surface area contributed by atoms with Crippen LogP contribution in [0, 0.1) is 5.41 Å². The van der Waals surface area contributed by atoms with Crippen LogP contribution < -0.4 is 9.47 Å². The molecule has 2 rings (SSSR count). The molecule has 0 amide bonds. The van der Waals surface area contributed by atoms with Crippen LogP contribution in [0.2, 0.25) is 0 Å². The summed E-state index contributed by atoms with van der Waals surface area (Å²) in [6, 6.07) is 4.88. The van der Waals surface area contributed by atoms with Gasteiger partial charge in [0.1, 0.15) is 0 Å². The Morgan fingerprint density at radius 2 is 1.83 bits per heavy atom. The largest absolute Gasteiger partial charge is 0.480 e. The highest BCUT2D eigenvalue weighted by Crippen LogP contribution is 2.34. The average molecular weight is 252 g/mol. The minimum Gasteiger partial charge on any atom is -0.480 e. The molecule has 1 heterocycles. The van der Waals surface area contributed by atoms with E-state index in [4.69, 9.17) is 19.7 Å². The van der Waals surface area contributed by atoms with Crippen molar-refractivity contribution in [2.45, 2.75) is 13.3 Å². The Balaban J connectivity index is 2.28. The van der Waals surface area contributed by atoms with Gasteiger partial charge in [-0.25, -0.2) is 0 Å². The summed E-state index contributed by atoms with van der Waals surface area (Å²) in [6.07, 6.45) is -0.117. The van der Waals surface area contributed by atoms with Gasteiger partial charge in [-0.05, 0) is 31.0 Å².